The van der Waals surface area contributed by atoms with E-state index in [1.54, 1.807) is 0 Å². The van der Waals surface area contributed by atoms with Crippen LogP contribution < -0.4 is 5.32 Å². The van der Waals surface area contributed by atoms with Crippen molar-refractivity contribution in [1.29, 1.82) is 0 Å². The first-order valence-corrected chi connectivity index (χ1v) is 9.05. The molecule has 2 rings (SSSR count). The highest BCUT2D eigenvalue weighted by molar-refractivity contribution is 14.0. The highest BCUT2D eigenvalue weighted by Crippen LogP contribution is 2.25. The van der Waals surface area contributed by atoms with Gasteiger partial charge in [-0.1, -0.05) is 13.8 Å². The van der Waals surface area contributed by atoms with Gasteiger partial charge in [0.25, 0.3) is 0 Å². The zero-order chi connectivity index (χ0) is 16.3. The second kappa shape index (κ2) is 9.15. The van der Waals surface area contributed by atoms with E-state index in [1.165, 1.54) is 17.0 Å². The smallest absolute Gasteiger partial charge is 0.193 e. The summed E-state index contributed by atoms with van der Waals surface area (Å²) in [5.74, 6) is 2.89. The van der Waals surface area contributed by atoms with Crippen LogP contribution >= 0.6 is 35.7 Å². The van der Waals surface area contributed by atoms with Gasteiger partial charge in [-0.3, -0.25) is 9.67 Å². The molecule has 1 saturated heterocycles. The number of nitrogens with one attached hydrogen (secondary N) is 1. The van der Waals surface area contributed by atoms with Crippen LogP contribution in [0.15, 0.2) is 4.99 Å². The highest BCUT2D eigenvalue weighted by atomic mass is 127. The quantitative estimate of drug-likeness (QED) is 0.436. The second-order valence-corrected chi connectivity index (χ2v) is 7.62. The van der Waals surface area contributed by atoms with E-state index >= 15 is 0 Å². The van der Waals surface area contributed by atoms with Crippen molar-refractivity contribution in [3.63, 3.8) is 0 Å². The van der Waals surface area contributed by atoms with E-state index < -0.39 is 0 Å². The first kappa shape index (κ1) is 20.6. The summed E-state index contributed by atoms with van der Waals surface area (Å²) >= 11 is 2.09. The van der Waals surface area contributed by atoms with Gasteiger partial charge in [0.2, 0.25) is 0 Å². The van der Waals surface area contributed by atoms with Gasteiger partial charge >= 0.3 is 0 Å². The zero-order valence-corrected chi connectivity index (χ0v) is 18.2. The lowest BCUT2D eigenvalue weighted by Gasteiger charge is -2.36. The van der Waals surface area contributed by atoms with Crippen LogP contribution in [0.1, 0.15) is 30.8 Å². The van der Waals surface area contributed by atoms with Crippen molar-refractivity contribution in [2.45, 2.75) is 39.5 Å². The van der Waals surface area contributed by atoms with Crippen molar-refractivity contribution in [3.8, 4) is 0 Å². The first-order valence-electron chi connectivity index (χ1n) is 8.00. The number of hydrogen-bond donors (Lipinski definition) is 1. The van der Waals surface area contributed by atoms with Crippen molar-refractivity contribution >= 4 is 41.7 Å². The third-order valence-electron chi connectivity index (χ3n) is 4.43. The van der Waals surface area contributed by atoms with Gasteiger partial charge in [0, 0.05) is 56.0 Å². The fourth-order valence-corrected chi connectivity index (χ4v) is 4.14. The molecule has 5 nitrogen and oxygen atoms in total. The lowest BCUT2D eigenvalue weighted by molar-refractivity contribution is 0.380. The molecule has 0 aliphatic carbocycles. The predicted octanol–water partition coefficient (Wildman–Crippen LogP) is 2.80. The van der Waals surface area contributed by atoms with Crippen molar-refractivity contribution in [3.05, 3.63) is 17.0 Å². The number of aliphatic imine (C=N–C) groups is 1. The Hall–Kier alpha value is -0.440. The largest absolute Gasteiger partial charge is 0.352 e. The third-order valence-corrected chi connectivity index (χ3v) is 5.97. The Morgan fingerprint density at radius 3 is 2.65 bits per heavy atom. The van der Waals surface area contributed by atoms with Crippen LogP contribution in [0.25, 0.3) is 0 Å². The molecule has 1 aromatic rings. The van der Waals surface area contributed by atoms with Crippen LogP contribution in [0.5, 0.6) is 0 Å². The molecule has 1 aromatic heterocycles. The number of thioether (sulfide) groups is 1. The Bertz CT molecular complexity index is 541. The Balaban J connectivity index is 0.00000264. The maximum atomic E-state index is 4.48. The van der Waals surface area contributed by atoms with Crippen molar-refractivity contribution < 1.29 is 0 Å². The van der Waals surface area contributed by atoms with E-state index in [9.17, 15) is 0 Å². The standard InChI is InChI=1S/C16H29N5S.HI/c1-11(2)15-10-21(7-8-22-15)16(17-5)18-9-14-12(3)19-20(6)13(14)4;/h11,15H,7-10H2,1-6H3,(H,17,18);1H. The van der Waals surface area contributed by atoms with Crippen LogP contribution in [0.4, 0.5) is 0 Å². The minimum Gasteiger partial charge on any atom is -0.352 e. The van der Waals surface area contributed by atoms with Crippen molar-refractivity contribution in [1.82, 2.24) is 20.0 Å². The maximum Gasteiger partial charge on any atom is 0.193 e. The summed E-state index contributed by atoms with van der Waals surface area (Å²) in [5, 5.41) is 8.69. The number of guanidine groups is 1. The molecule has 0 bridgehead atoms. The molecule has 1 unspecified atom stereocenters. The van der Waals surface area contributed by atoms with Gasteiger partial charge in [-0.05, 0) is 19.8 Å². The SMILES string of the molecule is CN=C(NCc1c(C)nn(C)c1C)N1CCSC(C(C)C)C1.I. The molecule has 7 heteroatoms. The zero-order valence-electron chi connectivity index (χ0n) is 15.1. The Labute approximate surface area is 161 Å². The summed E-state index contributed by atoms with van der Waals surface area (Å²) in [6.45, 7) is 11.7. The fraction of sp³-hybridized carbons (Fsp3) is 0.750. The van der Waals surface area contributed by atoms with Gasteiger partial charge in [-0.2, -0.15) is 16.9 Å². The van der Waals surface area contributed by atoms with E-state index in [0.29, 0.717) is 11.2 Å². The van der Waals surface area contributed by atoms with E-state index in [1.807, 2.05) is 18.8 Å². The molecule has 132 valence electrons. The lowest BCUT2D eigenvalue weighted by atomic mass is 10.1. The van der Waals surface area contributed by atoms with Crippen LogP contribution in [-0.4, -0.2) is 51.8 Å². The topological polar surface area (TPSA) is 45.5 Å². The van der Waals surface area contributed by atoms with Gasteiger partial charge < -0.3 is 10.2 Å². The number of nitrogens with zero attached hydrogens (tertiary/aromatic N) is 4. The summed E-state index contributed by atoms with van der Waals surface area (Å²) in [5.41, 5.74) is 3.59. The number of aryl methyl sites for hydroxylation is 2. The van der Waals surface area contributed by atoms with Gasteiger partial charge in [-0.15, -0.1) is 24.0 Å². The average molecular weight is 451 g/mol. The van der Waals surface area contributed by atoms with Gasteiger partial charge in [0.15, 0.2) is 5.96 Å². The predicted molar refractivity (Wildman–Crippen MR) is 111 cm³/mol. The summed E-state index contributed by atoms with van der Waals surface area (Å²) in [4.78, 5) is 6.87. The Kier molecular flexibility index (Phi) is 8.20. The van der Waals surface area contributed by atoms with Gasteiger partial charge in [0.05, 0.1) is 5.69 Å². The number of rotatable bonds is 3. The molecular weight excluding hydrogens is 421 g/mol. The molecule has 1 fully saturated rings. The molecule has 0 saturated carbocycles. The van der Waals surface area contributed by atoms with Crippen molar-refractivity contribution in [2.24, 2.45) is 18.0 Å². The highest BCUT2D eigenvalue weighted by Gasteiger charge is 2.25. The minimum absolute atomic E-state index is 0. The molecule has 0 radical (unpaired) electrons. The maximum absolute atomic E-state index is 4.48. The van der Waals surface area contributed by atoms with E-state index in [4.69, 9.17) is 0 Å². The van der Waals surface area contributed by atoms with Crippen LogP contribution in [0, 0.1) is 19.8 Å². The second-order valence-electron chi connectivity index (χ2n) is 6.27. The summed E-state index contributed by atoms with van der Waals surface area (Å²) in [6.07, 6.45) is 0. The van der Waals surface area contributed by atoms with E-state index in [0.717, 1.165) is 31.3 Å². The summed E-state index contributed by atoms with van der Waals surface area (Å²) in [6, 6.07) is 0. The van der Waals surface area contributed by atoms with E-state index in [2.05, 4.69) is 59.8 Å². The van der Waals surface area contributed by atoms with Gasteiger partial charge in [-0.25, -0.2) is 0 Å². The molecule has 0 aromatic carbocycles. The summed E-state index contributed by atoms with van der Waals surface area (Å²) < 4.78 is 1.95. The molecule has 1 atom stereocenters. The monoisotopic (exact) mass is 451 g/mol. The third kappa shape index (κ3) is 5.01. The molecule has 1 aliphatic heterocycles. The lowest BCUT2D eigenvalue weighted by Crippen LogP contribution is -2.48. The normalized spacial score (nSPS) is 19.0. The molecule has 23 heavy (non-hydrogen) atoms. The number of halogens is 1. The summed E-state index contributed by atoms with van der Waals surface area (Å²) in [7, 11) is 3.87. The molecule has 0 spiro atoms. The number of hydrogen-bond acceptors (Lipinski definition) is 3. The number of aromatic nitrogens is 2. The van der Waals surface area contributed by atoms with E-state index in [-0.39, 0.29) is 24.0 Å². The average Bonchev–Trinajstić information content (AvgIpc) is 2.74. The minimum atomic E-state index is 0. The van der Waals surface area contributed by atoms with Crippen LogP contribution in [-0.2, 0) is 13.6 Å². The Morgan fingerprint density at radius 1 is 1.43 bits per heavy atom. The molecule has 1 N–H and O–H groups in total. The van der Waals surface area contributed by atoms with Crippen LogP contribution in [0.2, 0.25) is 0 Å². The Morgan fingerprint density at radius 2 is 2.13 bits per heavy atom. The fourth-order valence-electron chi connectivity index (χ4n) is 2.84. The molecule has 0 amide bonds. The van der Waals surface area contributed by atoms with Gasteiger partial charge in [0.1, 0.15) is 0 Å². The molecular formula is C16H30IN5S. The molecule has 1 aliphatic rings. The first-order chi connectivity index (χ1) is 10.4. The molecule has 2 heterocycles. The van der Waals surface area contributed by atoms with Crippen LogP contribution in [0.3, 0.4) is 0 Å². The van der Waals surface area contributed by atoms with Crippen molar-refractivity contribution in [2.75, 3.05) is 25.9 Å².